The van der Waals surface area contributed by atoms with E-state index >= 15 is 0 Å². The fourth-order valence-corrected chi connectivity index (χ4v) is 2.74. The number of aliphatic hydroxyl groups excluding tert-OH is 1. The van der Waals surface area contributed by atoms with Crippen molar-refractivity contribution in [2.24, 2.45) is 17.8 Å². The van der Waals surface area contributed by atoms with E-state index in [2.05, 4.69) is 0 Å². The highest BCUT2D eigenvalue weighted by atomic mass is 16.7. The van der Waals surface area contributed by atoms with Crippen LogP contribution in [0.15, 0.2) is 12.2 Å². The van der Waals surface area contributed by atoms with E-state index in [0.29, 0.717) is 6.42 Å². The molecule has 0 amide bonds. The van der Waals surface area contributed by atoms with Crippen LogP contribution in [0, 0.1) is 17.8 Å². The maximum Gasteiger partial charge on any atom is 0.311 e. The molecule has 0 spiro atoms. The van der Waals surface area contributed by atoms with Gasteiger partial charge in [0.25, 0.3) is 0 Å². The number of carbonyl (C=O) groups is 1. The third-order valence-electron chi connectivity index (χ3n) is 3.45. The second-order valence-electron chi connectivity index (χ2n) is 5.15. The van der Waals surface area contributed by atoms with Gasteiger partial charge in [-0.2, -0.15) is 0 Å². The summed E-state index contributed by atoms with van der Waals surface area (Å²) in [6, 6.07) is 0. The summed E-state index contributed by atoms with van der Waals surface area (Å²) < 4.78 is 10.6. The van der Waals surface area contributed by atoms with Gasteiger partial charge in [0.1, 0.15) is 0 Å². The van der Waals surface area contributed by atoms with Crippen LogP contribution in [0.4, 0.5) is 0 Å². The number of hydrogen-bond donors (Lipinski definition) is 1. The second-order valence-corrected chi connectivity index (χ2v) is 5.15. The molecule has 17 heavy (non-hydrogen) atoms. The Morgan fingerprint density at radius 3 is 2.53 bits per heavy atom. The van der Waals surface area contributed by atoms with Crippen molar-refractivity contribution < 1.29 is 19.4 Å². The first-order valence-corrected chi connectivity index (χ1v) is 6.21. The number of ether oxygens (including phenoxy) is 2. The van der Waals surface area contributed by atoms with Gasteiger partial charge in [-0.05, 0) is 27.2 Å². The summed E-state index contributed by atoms with van der Waals surface area (Å²) in [6.45, 7) is 5.51. The largest absolute Gasteiger partial charge is 0.436 e. The molecule has 1 N–H and O–H groups in total. The van der Waals surface area contributed by atoms with Gasteiger partial charge < -0.3 is 14.6 Å². The molecule has 4 nitrogen and oxygen atoms in total. The molecule has 5 unspecified atom stereocenters. The maximum absolute atomic E-state index is 11.9. The highest BCUT2D eigenvalue weighted by Crippen LogP contribution is 2.44. The topological polar surface area (TPSA) is 55.8 Å². The van der Waals surface area contributed by atoms with E-state index in [1.165, 1.54) is 0 Å². The number of fused-ring (bicyclic) bond motifs is 2. The molecule has 0 saturated heterocycles. The van der Waals surface area contributed by atoms with E-state index in [4.69, 9.17) is 9.47 Å². The molecular formula is C13H20O4. The molecule has 0 heterocycles. The Bertz CT molecular complexity index is 323. The zero-order chi connectivity index (χ0) is 12.6. The highest BCUT2D eigenvalue weighted by Gasteiger charge is 2.47. The molecule has 0 aromatic carbocycles. The summed E-state index contributed by atoms with van der Waals surface area (Å²) >= 11 is 0. The van der Waals surface area contributed by atoms with Crippen LogP contribution in [-0.4, -0.2) is 29.6 Å². The zero-order valence-corrected chi connectivity index (χ0v) is 10.5. The molecule has 0 aliphatic heterocycles. The summed E-state index contributed by atoms with van der Waals surface area (Å²) in [5.74, 6) is -0.412. The van der Waals surface area contributed by atoms with Gasteiger partial charge in [-0.15, -0.1) is 0 Å². The molecular weight excluding hydrogens is 220 g/mol. The Balaban J connectivity index is 1.87. The third-order valence-corrected chi connectivity index (χ3v) is 3.45. The summed E-state index contributed by atoms with van der Waals surface area (Å²) in [5, 5.41) is 9.83. The van der Waals surface area contributed by atoms with Crippen molar-refractivity contribution >= 4 is 5.97 Å². The Morgan fingerprint density at radius 2 is 2.06 bits per heavy atom. The average Bonchev–Trinajstić information content (AvgIpc) is 2.73. The van der Waals surface area contributed by atoms with Crippen LogP contribution in [0.25, 0.3) is 0 Å². The number of esters is 1. The Labute approximate surface area is 102 Å². The lowest BCUT2D eigenvalue weighted by Crippen LogP contribution is -2.29. The van der Waals surface area contributed by atoms with Crippen molar-refractivity contribution in [3.05, 3.63) is 12.2 Å². The first-order chi connectivity index (χ1) is 7.99. The zero-order valence-electron chi connectivity index (χ0n) is 10.5. The quantitative estimate of drug-likeness (QED) is 0.459. The van der Waals surface area contributed by atoms with Crippen molar-refractivity contribution in [1.29, 1.82) is 0 Å². The standard InChI is InChI=1S/C13H20O4/c1-7(2)16-8(3)17-13(15)11-6-9-4-5-10(11)12(9)14/h4-5,7-12,14H,6H2,1-3H3. The van der Waals surface area contributed by atoms with Crippen molar-refractivity contribution in [1.82, 2.24) is 0 Å². The van der Waals surface area contributed by atoms with Crippen LogP contribution >= 0.6 is 0 Å². The van der Waals surface area contributed by atoms with E-state index in [0.717, 1.165) is 0 Å². The lowest BCUT2D eigenvalue weighted by molar-refractivity contribution is -0.187. The normalized spacial score (nSPS) is 36.5. The fourth-order valence-electron chi connectivity index (χ4n) is 2.74. The smallest absolute Gasteiger partial charge is 0.311 e. The van der Waals surface area contributed by atoms with Gasteiger partial charge in [0.2, 0.25) is 0 Å². The van der Waals surface area contributed by atoms with Crippen LogP contribution in [-0.2, 0) is 14.3 Å². The summed E-state index contributed by atoms with van der Waals surface area (Å²) in [6.07, 6.45) is 3.71. The Morgan fingerprint density at radius 1 is 1.35 bits per heavy atom. The third kappa shape index (κ3) is 2.53. The number of aliphatic hydroxyl groups is 1. The van der Waals surface area contributed by atoms with Gasteiger partial charge in [0, 0.05) is 11.8 Å². The summed E-state index contributed by atoms with van der Waals surface area (Å²) in [5.41, 5.74) is 0. The Kier molecular flexibility index (Phi) is 3.54. The first-order valence-electron chi connectivity index (χ1n) is 6.21. The van der Waals surface area contributed by atoms with Crippen molar-refractivity contribution in [2.45, 2.75) is 45.7 Å². The highest BCUT2D eigenvalue weighted by molar-refractivity contribution is 5.74. The molecule has 2 aliphatic carbocycles. The van der Waals surface area contributed by atoms with Gasteiger partial charge in [-0.1, -0.05) is 12.2 Å². The molecule has 2 bridgehead atoms. The predicted octanol–water partition coefficient (Wildman–Crippen LogP) is 1.48. The van der Waals surface area contributed by atoms with Crippen molar-refractivity contribution in [2.75, 3.05) is 0 Å². The van der Waals surface area contributed by atoms with E-state index in [1.54, 1.807) is 6.92 Å². The van der Waals surface area contributed by atoms with Crippen LogP contribution in [0.1, 0.15) is 27.2 Å². The number of hydrogen-bond acceptors (Lipinski definition) is 4. The van der Waals surface area contributed by atoms with Gasteiger partial charge in [0.15, 0.2) is 6.29 Å². The van der Waals surface area contributed by atoms with Crippen molar-refractivity contribution in [3.8, 4) is 0 Å². The monoisotopic (exact) mass is 240 g/mol. The molecule has 0 aromatic rings. The minimum absolute atomic E-state index is 0.0308. The average molecular weight is 240 g/mol. The molecule has 0 radical (unpaired) electrons. The summed E-state index contributed by atoms with van der Waals surface area (Å²) in [7, 11) is 0. The lowest BCUT2D eigenvalue weighted by atomic mass is 9.94. The van der Waals surface area contributed by atoms with Crippen LogP contribution in [0.2, 0.25) is 0 Å². The second kappa shape index (κ2) is 4.78. The minimum Gasteiger partial charge on any atom is -0.436 e. The maximum atomic E-state index is 11.9. The minimum atomic E-state index is -0.525. The molecule has 4 heteroatoms. The Hall–Kier alpha value is -0.870. The molecule has 1 fully saturated rings. The molecule has 1 saturated carbocycles. The van der Waals surface area contributed by atoms with Crippen LogP contribution in [0.5, 0.6) is 0 Å². The molecule has 5 atom stereocenters. The first kappa shape index (κ1) is 12.6. The van der Waals surface area contributed by atoms with Crippen molar-refractivity contribution in [3.63, 3.8) is 0 Å². The molecule has 96 valence electrons. The SMILES string of the molecule is CC(C)OC(C)OC(=O)C1CC2C=CC1C2O. The number of carbonyl (C=O) groups excluding carboxylic acids is 1. The van der Waals surface area contributed by atoms with E-state index < -0.39 is 12.4 Å². The fraction of sp³-hybridized carbons (Fsp3) is 0.769. The van der Waals surface area contributed by atoms with Crippen LogP contribution in [0.3, 0.4) is 0 Å². The van der Waals surface area contributed by atoms with E-state index in [1.807, 2.05) is 26.0 Å². The van der Waals surface area contributed by atoms with E-state index in [-0.39, 0.29) is 29.8 Å². The summed E-state index contributed by atoms with van der Waals surface area (Å²) in [4.78, 5) is 11.9. The van der Waals surface area contributed by atoms with Gasteiger partial charge in [-0.3, -0.25) is 4.79 Å². The van der Waals surface area contributed by atoms with Crippen LogP contribution < -0.4 is 0 Å². The van der Waals surface area contributed by atoms with E-state index in [9.17, 15) is 9.90 Å². The van der Waals surface area contributed by atoms with Gasteiger partial charge >= 0.3 is 5.97 Å². The van der Waals surface area contributed by atoms with Gasteiger partial charge in [-0.25, -0.2) is 0 Å². The van der Waals surface area contributed by atoms with Gasteiger partial charge in [0.05, 0.1) is 18.1 Å². The molecule has 0 aromatic heterocycles. The molecule has 2 rings (SSSR count). The predicted molar refractivity (Wildman–Crippen MR) is 62.0 cm³/mol. The number of rotatable bonds is 4. The lowest BCUT2D eigenvalue weighted by Gasteiger charge is -2.21. The molecule has 2 aliphatic rings.